The molecular weight excluding hydrogens is 288 g/mol. The van der Waals surface area contributed by atoms with E-state index in [0.29, 0.717) is 17.9 Å². The third-order valence-electron chi connectivity index (χ3n) is 4.90. The summed E-state index contributed by atoms with van der Waals surface area (Å²) < 4.78 is 2.13. The second-order valence-electron chi connectivity index (χ2n) is 7.83. The number of carbonyl (C=O) groups is 1. The smallest absolute Gasteiger partial charge is 0.231 e. The molecule has 0 atom stereocenters. The lowest BCUT2D eigenvalue weighted by Gasteiger charge is -2.58. The monoisotopic (exact) mass is 308 g/mol. The Kier molecular flexibility index (Phi) is 2.69. The van der Waals surface area contributed by atoms with Crippen LogP contribution < -0.4 is 4.90 Å². The quantitative estimate of drug-likeness (QED) is 0.809. The van der Waals surface area contributed by atoms with Crippen molar-refractivity contribution in [3.8, 4) is 6.07 Å². The van der Waals surface area contributed by atoms with Crippen LogP contribution in [0.4, 0.5) is 5.95 Å². The van der Waals surface area contributed by atoms with E-state index >= 15 is 0 Å². The first kappa shape index (κ1) is 14.3. The number of rotatable bonds is 1. The molecule has 0 radical (unpaired) electrons. The number of benzene rings is 1. The van der Waals surface area contributed by atoms with Crippen molar-refractivity contribution in [1.82, 2.24) is 9.55 Å². The molecule has 0 saturated heterocycles. The van der Waals surface area contributed by atoms with E-state index in [1.165, 1.54) is 0 Å². The Morgan fingerprint density at radius 2 is 2.13 bits per heavy atom. The SMILES string of the molecule is CC(C)(C)CC(=O)N1c2nc3cccc(C#N)c3n2C12CCC2. The van der Waals surface area contributed by atoms with Crippen LogP contribution in [0.15, 0.2) is 18.2 Å². The molecule has 0 bridgehead atoms. The number of hydrogen-bond acceptors (Lipinski definition) is 3. The fraction of sp³-hybridized carbons (Fsp3) is 0.500. The Bertz CT molecular complexity index is 861. The van der Waals surface area contributed by atoms with Crippen molar-refractivity contribution in [1.29, 1.82) is 5.26 Å². The number of carbonyl (C=O) groups excluding carboxylic acids is 1. The first-order valence-electron chi connectivity index (χ1n) is 8.12. The zero-order valence-electron chi connectivity index (χ0n) is 13.8. The van der Waals surface area contributed by atoms with Crippen LogP contribution in [-0.4, -0.2) is 15.5 Å². The van der Waals surface area contributed by atoms with Gasteiger partial charge in [0.2, 0.25) is 11.9 Å². The zero-order valence-corrected chi connectivity index (χ0v) is 13.8. The molecule has 5 nitrogen and oxygen atoms in total. The fourth-order valence-electron chi connectivity index (χ4n) is 3.81. The Morgan fingerprint density at radius 1 is 1.39 bits per heavy atom. The molecule has 1 aromatic heterocycles. The maximum absolute atomic E-state index is 12.9. The van der Waals surface area contributed by atoms with Crippen molar-refractivity contribution in [2.75, 3.05) is 4.90 Å². The summed E-state index contributed by atoms with van der Waals surface area (Å²) in [6.45, 7) is 6.23. The zero-order chi connectivity index (χ0) is 16.4. The summed E-state index contributed by atoms with van der Waals surface area (Å²) in [7, 11) is 0. The highest BCUT2D eigenvalue weighted by molar-refractivity contribution is 6.00. The molecule has 2 aliphatic rings. The Labute approximate surface area is 135 Å². The van der Waals surface area contributed by atoms with Crippen LogP contribution in [0, 0.1) is 16.7 Å². The normalized spacial score (nSPS) is 18.3. The van der Waals surface area contributed by atoms with Crippen LogP contribution in [0.3, 0.4) is 0 Å². The molecule has 0 N–H and O–H groups in total. The van der Waals surface area contributed by atoms with Crippen molar-refractivity contribution in [2.24, 2.45) is 5.41 Å². The number of para-hydroxylation sites is 1. The predicted molar refractivity (Wildman–Crippen MR) is 87.8 cm³/mol. The van der Waals surface area contributed by atoms with Gasteiger partial charge in [0, 0.05) is 6.42 Å². The summed E-state index contributed by atoms with van der Waals surface area (Å²) >= 11 is 0. The van der Waals surface area contributed by atoms with E-state index in [9.17, 15) is 10.1 Å². The summed E-state index contributed by atoms with van der Waals surface area (Å²) in [5.74, 6) is 0.843. The highest BCUT2D eigenvalue weighted by Gasteiger charge is 2.58. The number of fused-ring (bicyclic) bond motifs is 4. The number of anilines is 1. The van der Waals surface area contributed by atoms with Crippen LogP contribution in [0.5, 0.6) is 0 Å². The van der Waals surface area contributed by atoms with Gasteiger partial charge in [0.1, 0.15) is 11.7 Å². The van der Waals surface area contributed by atoms with E-state index in [4.69, 9.17) is 0 Å². The lowest BCUT2D eigenvalue weighted by Crippen LogP contribution is -2.66. The van der Waals surface area contributed by atoms with Gasteiger partial charge in [0.25, 0.3) is 0 Å². The average molecular weight is 308 g/mol. The topological polar surface area (TPSA) is 61.9 Å². The molecule has 0 unspecified atom stereocenters. The van der Waals surface area contributed by atoms with Crippen LogP contribution in [0.1, 0.15) is 52.0 Å². The molecule has 2 aromatic rings. The summed E-state index contributed by atoms with van der Waals surface area (Å²) in [4.78, 5) is 19.4. The molecule has 1 spiro atoms. The Balaban J connectivity index is 1.86. The fourth-order valence-corrected chi connectivity index (χ4v) is 3.81. The van der Waals surface area contributed by atoms with Crippen molar-refractivity contribution >= 4 is 22.9 Å². The third kappa shape index (κ3) is 1.78. The van der Waals surface area contributed by atoms with Gasteiger partial charge in [-0.3, -0.25) is 14.3 Å². The Hall–Kier alpha value is -2.35. The van der Waals surface area contributed by atoms with Crippen LogP contribution in [-0.2, 0) is 10.5 Å². The maximum Gasteiger partial charge on any atom is 0.231 e. The number of imidazole rings is 1. The van der Waals surface area contributed by atoms with Gasteiger partial charge in [0.05, 0.1) is 16.6 Å². The maximum atomic E-state index is 12.9. The largest absolute Gasteiger partial charge is 0.284 e. The summed E-state index contributed by atoms with van der Waals surface area (Å²) in [6, 6.07) is 7.85. The summed E-state index contributed by atoms with van der Waals surface area (Å²) in [5, 5.41) is 9.41. The predicted octanol–water partition coefficient (Wildman–Crippen LogP) is 3.53. The van der Waals surface area contributed by atoms with Crippen molar-refractivity contribution in [2.45, 2.75) is 52.1 Å². The van der Waals surface area contributed by atoms with Gasteiger partial charge in [-0.2, -0.15) is 5.26 Å². The van der Waals surface area contributed by atoms with Gasteiger partial charge in [-0.05, 0) is 36.8 Å². The number of hydrogen-bond donors (Lipinski definition) is 0. The molecule has 1 aliphatic carbocycles. The van der Waals surface area contributed by atoms with Gasteiger partial charge in [-0.1, -0.05) is 26.8 Å². The lowest BCUT2D eigenvalue weighted by atomic mass is 9.79. The summed E-state index contributed by atoms with van der Waals surface area (Å²) in [6.07, 6.45) is 3.50. The van der Waals surface area contributed by atoms with Crippen LogP contribution in [0.2, 0.25) is 0 Å². The minimum atomic E-state index is -0.278. The first-order valence-corrected chi connectivity index (χ1v) is 8.12. The van der Waals surface area contributed by atoms with Gasteiger partial charge in [-0.25, -0.2) is 4.98 Å². The number of aromatic nitrogens is 2. The second-order valence-corrected chi connectivity index (χ2v) is 7.83. The first-order chi connectivity index (χ1) is 10.9. The van der Waals surface area contributed by atoms with Crippen molar-refractivity contribution in [3.05, 3.63) is 23.8 Å². The molecule has 1 fully saturated rings. The van der Waals surface area contributed by atoms with E-state index < -0.39 is 0 Å². The standard InChI is InChI=1S/C18H20N4O/c1-17(2,3)10-14(23)21-16-20-13-7-4-6-12(11-19)15(13)22(16)18(21)8-5-9-18/h4,6-7H,5,8-10H2,1-3H3. The minimum Gasteiger partial charge on any atom is -0.284 e. The van der Waals surface area contributed by atoms with E-state index in [0.717, 1.165) is 30.3 Å². The van der Waals surface area contributed by atoms with Gasteiger partial charge in [-0.15, -0.1) is 0 Å². The van der Waals surface area contributed by atoms with E-state index in [-0.39, 0.29) is 17.0 Å². The second kappa shape index (κ2) is 4.35. The molecule has 1 aliphatic heterocycles. The molecular formula is C18H20N4O. The van der Waals surface area contributed by atoms with Crippen molar-refractivity contribution < 1.29 is 4.79 Å². The number of nitrogens with zero attached hydrogens (tertiary/aromatic N) is 4. The van der Waals surface area contributed by atoms with E-state index in [1.54, 1.807) is 0 Å². The average Bonchev–Trinajstić information content (AvgIpc) is 2.70. The van der Waals surface area contributed by atoms with Gasteiger partial charge in [0.15, 0.2) is 0 Å². The molecule has 1 amide bonds. The third-order valence-corrected chi connectivity index (χ3v) is 4.90. The van der Waals surface area contributed by atoms with Crippen LogP contribution in [0.25, 0.3) is 11.0 Å². The lowest BCUT2D eigenvalue weighted by molar-refractivity contribution is -0.125. The molecule has 118 valence electrons. The molecule has 5 heteroatoms. The van der Waals surface area contributed by atoms with Gasteiger partial charge < -0.3 is 0 Å². The molecule has 1 saturated carbocycles. The summed E-state index contributed by atoms with van der Waals surface area (Å²) in [5.41, 5.74) is 1.99. The molecule has 2 heterocycles. The number of nitriles is 1. The highest BCUT2D eigenvalue weighted by atomic mass is 16.2. The van der Waals surface area contributed by atoms with Crippen LogP contribution >= 0.6 is 0 Å². The highest BCUT2D eigenvalue weighted by Crippen LogP contribution is 2.55. The van der Waals surface area contributed by atoms with Crippen molar-refractivity contribution in [3.63, 3.8) is 0 Å². The molecule has 1 aromatic carbocycles. The molecule has 4 rings (SSSR count). The van der Waals surface area contributed by atoms with E-state index in [1.807, 2.05) is 23.1 Å². The molecule has 23 heavy (non-hydrogen) atoms. The minimum absolute atomic E-state index is 0.0493. The van der Waals surface area contributed by atoms with Gasteiger partial charge >= 0.3 is 0 Å². The van der Waals surface area contributed by atoms with E-state index in [2.05, 4.69) is 36.4 Å². The number of amides is 1. The Morgan fingerprint density at radius 3 is 2.70 bits per heavy atom.